The zero-order valence-electron chi connectivity index (χ0n) is 14.1. The predicted molar refractivity (Wildman–Crippen MR) is 92.5 cm³/mol. The fraction of sp³-hybridized carbons (Fsp3) is 0. The third-order valence-electron chi connectivity index (χ3n) is 3.59. The lowest BCUT2D eigenvalue weighted by Gasteiger charge is -2.08. The molecule has 0 bridgehead atoms. The zero-order valence-corrected chi connectivity index (χ0v) is 14.1. The average molecular weight is 386 g/mol. The van der Waals surface area contributed by atoms with Crippen molar-refractivity contribution >= 4 is 11.9 Å². The van der Waals surface area contributed by atoms with Gasteiger partial charge in [-0.2, -0.15) is 0 Å². The van der Waals surface area contributed by atoms with Gasteiger partial charge in [0.15, 0.2) is 0 Å². The summed E-state index contributed by atoms with van der Waals surface area (Å²) in [6.45, 7) is 0. The molecule has 0 fully saturated rings. The van der Waals surface area contributed by atoms with E-state index in [-0.39, 0.29) is 34.1 Å². The number of hydrogen-bond donors (Lipinski definition) is 2. The topological polar surface area (TPSA) is 93.1 Å². The van der Waals surface area contributed by atoms with Crippen molar-refractivity contribution in [2.24, 2.45) is 0 Å². The molecule has 0 aromatic heterocycles. The largest absolute Gasteiger partial charge is 0.508 e. The number of phenolic OH excluding ortho intramolecular Hbond substituents is 2. The number of hydrogen-bond acceptors (Lipinski definition) is 6. The maximum Gasteiger partial charge on any atom is 0.346 e. The molecule has 0 atom stereocenters. The predicted octanol–water partition coefficient (Wildman–Crippen LogP) is 3.81. The molecule has 0 radical (unpaired) electrons. The number of phenols is 2. The number of rotatable bonds is 4. The van der Waals surface area contributed by atoms with Crippen LogP contribution in [0.1, 0.15) is 20.7 Å². The van der Waals surface area contributed by atoms with Gasteiger partial charge in [0.25, 0.3) is 0 Å². The molecule has 0 aliphatic heterocycles. The fourth-order valence-electron chi connectivity index (χ4n) is 2.24. The molecule has 0 aliphatic carbocycles. The summed E-state index contributed by atoms with van der Waals surface area (Å²) < 4.78 is 37.3. The van der Waals surface area contributed by atoms with Gasteiger partial charge in [0, 0.05) is 12.1 Å². The smallest absolute Gasteiger partial charge is 0.346 e. The van der Waals surface area contributed by atoms with E-state index in [2.05, 4.69) is 0 Å². The third-order valence-corrected chi connectivity index (χ3v) is 3.59. The maximum absolute atomic E-state index is 13.7. The summed E-state index contributed by atoms with van der Waals surface area (Å²) in [6.07, 6.45) is 0. The van der Waals surface area contributed by atoms with Crippen LogP contribution in [0.15, 0.2) is 60.7 Å². The van der Waals surface area contributed by atoms with Crippen LogP contribution < -0.4 is 9.47 Å². The van der Waals surface area contributed by atoms with E-state index in [4.69, 9.17) is 19.7 Å². The van der Waals surface area contributed by atoms with Gasteiger partial charge in [0.2, 0.25) is 0 Å². The Labute approximate surface area is 157 Å². The van der Waals surface area contributed by atoms with E-state index in [0.29, 0.717) is 0 Å². The van der Waals surface area contributed by atoms with Gasteiger partial charge in [-0.1, -0.05) is 0 Å². The van der Waals surface area contributed by atoms with Crippen LogP contribution >= 0.6 is 0 Å². The molecule has 0 amide bonds. The number of aromatic hydroxyl groups is 2. The number of carbonyl (C=O) groups excluding carboxylic acids is 2. The van der Waals surface area contributed by atoms with Crippen molar-refractivity contribution in [1.29, 1.82) is 0 Å². The van der Waals surface area contributed by atoms with Crippen molar-refractivity contribution in [3.05, 3.63) is 83.4 Å². The molecule has 0 saturated heterocycles. The number of ether oxygens (including phenoxy) is 2. The first-order valence-corrected chi connectivity index (χ1v) is 7.85. The van der Waals surface area contributed by atoms with Crippen molar-refractivity contribution in [1.82, 2.24) is 0 Å². The Balaban J connectivity index is 1.67. The average Bonchev–Trinajstić information content (AvgIpc) is 2.63. The highest BCUT2D eigenvalue weighted by Crippen LogP contribution is 2.22. The van der Waals surface area contributed by atoms with Crippen LogP contribution in [0, 0.1) is 11.6 Å². The molecule has 0 heterocycles. The maximum atomic E-state index is 13.7. The number of benzene rings is 3. The molecule has 0 spiro atoms. The van der Waals surface area contributed by atoms with Crippen LogP contribution in [-0.4, -0.2) is 22.2 Å². The molecule has 0 unspecified atom stereocenters. The van der Waals surface area contributed by atoms with Gasteiger partial charge in [-0.15, -0.1) is 0 Å². The lowest BCUT2D eigenvalue weighted by atomic mass is 10.2. The van der Waals surface area contributed by atoms with E-state index in [1.165, 1.54) is 24.3 Å². The van der Waals surface area contributed by atoms with E-state index < -0.39 is 23.6 Å². The Bertz CT molecular complexity index is 963. The molecule has 8 heteroatoms. The summed E-state index contributed by atoms with van der Waals surface area (Å²) in [7, 11) is 0. The van der Waals surface area contributed by atoms with Crippen LogP contribution in [0.5, 0.6) is 23.0 Å². The number of carbonyl (C=O) groups is 2. The molecule has 6 nitrogen and oxygen atoms in total. The Morgan fingerprint density at radius 2 is 1.00 bits per heavy atom. The summed E-state index contributed by atoms with van der Waals surface area (Å²) >= 11 is 0. The van der Waals surface area contributed by atoms with Gasteiger partial charge < -0.3 is 19.7 Å². The summed E-state index contributed by atoms with van der Waals surface area (Å²) in [5.74, 6) is -4.39. The minimum Gasteiger partial charge on any atom is -0.508 e. The summed E-state index contributed by atoms with van der Waals surface area (Å²) in [5.41, 5.74) is -0.729. The van der Waals surface area contributed by atoms with Gasteiger partial charge in [-0.3, -0.25) is 0 Å². The van der Waals surface area contributed by atoms with E-state index in [9.17, 15) is 18.4 Å². The number of halogens is 2. The minimum absolute atomic E-state index is 0.0492. The first kappa shape index (κ1) is 18.8. The Morgan fingerprint density at radius 1 is 0.643 bits per heavy atom. The second kappa shape index (κ2) is 7.75. The summed E-state index contributed by atoms with van der Waals surface area (Å²) in [6, 6.07) is 11.2. The number of esters is 2. The molecule has 2 N–H and O–H groups in total. The lowest BCUT2D eigenvalue weighted by molar-refractivity contribution is 0.0714. The van der Waals surface area contributed by atoms with Gasteiger partial charge in [0.05, 0.1) is 11.1 Å². The summed E-state index contributed by atoms with van der Waals surface area (Å²) in [5, 5.41) is 18.3. The molecule has 142 valence electrons. The van der Waals surface area contributed by atoms with E-state index in [1.807, 2.05) is 0 Å². The van der Waals surface area contributed by atoms with Gasteiger partial charge in [0.1, 0.15) is 34.6 Å². The molecule has 28 heavy (non-hydrogen) atoms. The van der Waals surface area contributed by atoms with Crippen molar-refractivity contribution in [3.8, 4) is 23.0 Å². The third kappa shape index (κ3) is 4.24. The SMILES string of the molecule is O=C(Oc1ccc(OC(=O)c2ccc(O)cc2F)cc1)c1ccc(O)cc1F. The Kier molecular flexibility index (Phi) is 5.21. The first-order valence-electron chi connectivity index (χ1n) is 7.85. The standard InChI is InChI=1S/C20H12F2O6/c21-17-9-11(23)1-7-15(17)19(25)27-13-3-5-14(6-4-13)28-20(26)16-8-2-12(24)10-18(16)22/h1-10,23-24H. The van der Waals surface area contributed by atoms with E-state index >= 15 is 0 Å². The molecule has 3 aromatic carbocycles. The van der Waals surface area contributed by atoms with Crippen LogP contribution in [-0.2, 0) is 0 Å². The van der Waals surface area contributed by atoms with Crippen molar-refractivity contribution in [3.63, 3.8) is 0 Å². The highest BCUT2D eigenvalue weighted by atomic mass is 19.1. The van der Waals surface area contributed by atoms with Crippen molar-refractivity contribution < 1.29 is 38.1 Å². The minimum atomic E-state index is -0.978. The summed E-state index contributed by atoms with van der Waals surface area (Å²) in [4.78, 5) is 23.9. The van der Waals surface area contributed by atoms with Crippen LogP contribution in [0.4, 0.5) is 8.78 Å². The van der Waals surface area contributed by atoms with Crippen LogP contribution in [0.2, 0.25) is 0 Å². The Morgan fingerprint density at radius 3 is 1.32 bits per heavy atom. The second-order valence-corrected chi connectivity index (χ2v) is 5.58. The molecule has 3 aromatic rings. The molecular formula is C20H12F2O6. The molecule has 3 rings (SSSR count). The van der Waals surface area contributed by atoms with Gasteiger partial charge >= 0.3 is 11.9 Å². The fourth-order valence-corrected chi connectivity index (χ4v) is 2.24. The molecular weight excluding hydrogens is 374 g/mol. The highest BCUT2D eigenvalue weighted by molar-refractivity contribution is 5.92. The van der Waals surface area contributed by atoms with Crippen molar-refractivity contribution in [2.75, 3.05) is 0 Å². The van der Waals surface area contributed by atoms with E-state index in [0.717, 1.165) is 36.4 Å². The molecule has 0 saturated carbocycles. The Hall–Kier alpha value is -3.94. The normalized spacial score (nSPS) is 10.4. The van der Waals surface area contributed by atoms with Gasteiger partial charge in [-0.05, 0) is 48.5 Å². The first-order chi connectivity index (χ1) is 13.3. The monoisotopic (exact) mass is 386 g/mol. The second-order valence-electron chi connectivity index (χ2n) is 5.58. The van der Waals surface area contributed by atoms with Crippen LogP contribution in [0.25, 0.3) is 0 Å². The van der Waals surface area contributed by atoms with Crippen molar-refractivity contribution in [2.45, 2.75) is 0 Å². The van der Waals surface area contributed by atoms with E-state index in [1.54, 1.807) is 0 Å². The molecule has 0 aliphatic rings. The lowest BCUT2D eigenvalue weighted by Crippen LogP contribution is -2.11. The van der Waals surface area contributed by atoms with Crippen LogP contribution in [0.3, 0.4) is 0 Å². The quantitative estimate of drug-likeness (QED) is 0.523. The van der Waals surface area contributed by atoms with Gasteiger partial charge in [-0.25, -0.2) is 18.4 Å². The highest BCUT2D eigenvalue weighted by Gasteiger charge is 2.16. The zero-order chi connectivity index (χ0) is 20.3.